The van der Waals surface area contributed by atoms with Gasteiger partial charge in [-0.3, -0.25) is 9.59 Å². The van der Waals surface area contributed by atoms with Gasteiger partial charge >= 0.3 is 0 Å². The first-order chi connectivity index (χ1) is 12.0. The molecule has 6 nitrogen and oxygen atoms in total. The lowest BCUT2D eigenvalue weighted by Gasteiger charge is -2.13. The van der Waals surface area contributed by atoms with E-state index < -0.39 is 0 Å². The molecule has 0 N–H and O–H groups in total. The number of carbonyl (C=O) groups is 2. The third kappa shape index (κ3) is 4.09. The van der Waals surface area contributed by atoms with Crippen molar-refractivity contribution in [3.8, 4) is 23.0 Å². The molecule has 0 spiro atoms. The van der Waals surface area contributed by atoms with Gasteiger partial charge in [0, 0.05) is 11.1 Å². The van der Waals surface area contributed by atoms with Crippen LogP contribution in [0.5, 0.6) is 23.0 Å². The Labute approximate surface area is 146 Å². The first-order valence-corrected chi connectivity index (χ1v) is 7.54. The maximum absolute atomic E-state index is 12.5. The molecule has 2 rings (SSSR count). The number of ketones is 2. The fourth-order valence-corrected chi connectivity index (χ4v) is 2.37. The van der Waals surface area contributed by atoms with Crippen LogP contribution >= 0.6 is 0 Å². The summed E-state index contributed by atoms with van der Waals surface area (Å²) in [5.74, 6) is 1.15. The van der Waals surface area contributed by atoms with Gasteiger partial charge in [0.25, 0.3) is 0 Å². The van der Waals surface area contributed by atoms with Gasteiger partial charge in [-0.05, 0) is 36.4 Å². The summed E-state index contributed by atoms with van der Waals surface area (Å²) in [6, 6.07) is 9.68. The summed E-state index contributed by atoms with van der Waals surface area (Å²) in [6.45, 7) is 0. The van der Waals surface area contributed by atoms with Crippen molar-refractivity contribution in [3.63, 3.8) is 0 Å². The minimum absolute atomic E-state index is 0.259. The molecular formula is C19H20O6. The number of carbonyl (C=O) groups excluding carboxylic acids is 2. The monoisotopic (exact) mass is 344 g/mol. The zero-order valence-corrected chi connectivity index (χ0v) is 14.6. The van der Waals surface area contributed by atoms with Crippen LogP contribution < -0.4 is 18.9 Å². The van der Waals surface area contributed by atoms with E-state index in [9.17, 15) is 9.59 Å². The molecule has 25 heavy (non-hydrogen) atoms. The van der Waals surface area contributed by atoms with Crippen molar-refractivity contribution in [3.05, 3.63) is 47.5 Å². The Kier molecular flexibility index (Phi) is 6.00. The molecule has 6 heteroatoms. The van der Waals surface area contributed by atoms with Crippen LogP contribution in [0.4, 0.5) is 0 Å². The van der Waals surface area contributed by atoms with Gasteiger partial charge in [0.05, 0.1) is 34.9 Å². The standard InChI is InChI=1S/C19H20O6/c1-22-14-7-5-12(6-8-14)15(20)11-16(21)13-9-17(23-2)19(25-4)18(10-13)24-3/h5-10H,11H2,1-4H3. The SMILES string of the molecule is COc1ccc(C(=O)CC(=O)c2cc(OC)c(OC)c(OC)c2)cc1. The molecule has 0 aromatic heterocycles. The Hall–Kier alpha value is -3.02. The fourth-order valence-electron chi connectivity index (χ4n) is 2.37. The van der Waals surface area contributed by atoms with E-state index in [0.29, 0.717) is 34.1 Å². The Balaban J connectivity index is 2.23. The zero-order chi connectivity index (χ0) is 18.4. The van der Waals surface area contributed by atoms with Gasteiger partial charge in [-0.25, -0.2) is 0 Å². The van der Waals surface area contributed by atoms with E-state index >= 15 is 0 Å². The third-order valence-electron chi connectivity index (χ3n) is 3.72. The number of rotatable bonds is 8. The van der Waals surface area contributed by atoms with Crippen molar-refractivity contribution < 1.29 is 28.5 Å². The minimum Gasteiger partial charge on any atom is -0.497 e. The molecule has 0 saturated heterocycles. The summed E-state index contributed by atoms with van der Waals surface area (Å²) in [5.41, 5.74) is 0.762. The highest BCUT2D eigenvalue weighted by atomic mass is 16.5. The molecule has 132 valence electrons. The van der Waals surface area contributed by atoms with Gasteiger partial charge in [0.1, 0.15) is 5.75 Å². The molecular weight excluding hydrogens is 324 g/mol. The van der Waals surface area contributed by atoms with Crippen LogP contribution in [-0.4, -0.2) is 40.0 Å². The number of Topliss-reactive ketones (excluding diaryl/α,β-unsaturated/α-hetero) is 2. The number of ether oxygens (including phenoxy) is 4. The van der Waals surface area contributed by atoms with Crippen LogP contribution in [0.25, 0.3) is 0 Å². The molecule has 0 radical (unpaired) electrons. The van der Waals surface area contributed by atoms with Crippen molar-refractivity contribution in [1.29, 1.82) is 0 Å². The second kappa shape index (κ2) is 8.19. The van der Waals surface area contributed by atoms with E-state index in [1.54, 1.807) is 31.4 Å². The van der Waals surface area contributed by atoms with Crippen molar-refractivity contribution in [1.82, 2.24) is 0 Å². The normalized spacial score (nSPS) is 10.1. The number of benzene rings is 2. The lowest BCUT2D eigenvalue weighted by atomic mass is 10.0. The van der Waals surface area contributed by atoms with Crippen LogP contribution in [0.2, 0.25) is 0 Å². The molecule has 0 aliphatic rings. The van der Waals surface area contributed by atoms with Crippen molar-refractivity contribution >= 4 is 11.6 Å². The Morgan fingerprint density at radius 1 is 0.720 bits per heavy atom. The van der Waals surface area contributed by atoms with Gasteiger partial charge in [-0.15, -0.1) is 0 Å². The maximum atomic E-state index is 12.5. The van der Waals surface area contributed by atoms with E-state index in [0.717, 1.165) is 0 Å². The van der Waals surface area contributed by atoms with Gasteiger partial charge in [0.15, 0.2) is 23.1 Å². The molecule has 0 atom stereocenters. The number of methoxy groups -OCH3 is 4. The highest BCUT2D eigenvalue weighted by Crippen LogP contribution is 2.38. The number of hydrogen-bond donors (Lipinski definition) is 0. The topological polar surface area (TPSA) is 71.1 Å². The van der Waals surface area contributed by atoms with E-state index in [4.69, 9.17) is 18.9 Å². The lowest BCUT2D eigenvalue weighted by molar-refractivity contribution is 0.0893. The molecule has 0 aliphatic carbocycles. The Morgan fingerprint density at radius 2 is 1.24 bits per heavy atom. The van der Waals surface area contributed by atoms with Crippen molar-refractivity contribution in [2.24, 2.45) is 0 Å². The van der Waals surface area contributed by atoms with Crippen molar-refractivity contribution in [2.45, 2.75) is 6.42 Å². The van der Waals surface area contributed by atoms with E-state index in [-0.39, 0.29) is 18.0 Å². The van der Waals surface area contributed by atoms with Crippen LogP contribution in [0.3, 0.4) is 0 Å². The molecule has 0 bridgehead atoms. The van der Waals surface area contributed by atoms with E-state index in [1.807, 2.05) is 0 Å². The minimum atomic E-state index is -0.333. The highest BCUT2D eigenvalue weighted by molar-refractivity contribution is 6.13. The second-order valence-electron chi connectivity index (χ2n) is 5.17. The quantitative estimate of drug-likeness (QED) is 0.541. The molecule has 0 amide bonds. The molecule has 0 saturated carbocycles. The van der Waals surface area contributed by atoms with Crippen molar-refractivity contribution in [2.75, 3.05) is 28.4 Å². The second-order valence-corrected chi connectivity index (χ2v) is 5.17. The zero-order valence-electron chi connectivity index (χ0n) is 14.6. The van der Waals surface area contributed by atoms with Crippen LogP contribution in [0, 0.1) is 0 Å². The van der Waals surface area contributed by atoms with E-state index in [2.05, 4.69) is 0 Å². The summed E-state index contributed by atoms with van der Waals surface area (Å²) < 4.78 is 20.7. The Bertz CT molecular complexity index is 739. The lowest BCUT2D eigenvalue weighted by Crippen LogP contribution is -2.09. The predicted molar refractivity (Wildman–Crippen MR) is 92.4 cm³/mol. The van der Waals surface area contributed by atoms with Gasteiger partial charge in [-0.1, -0.05) is 0 Å². The predicted octanol–water partition coefficient (Wildman–Crippen LogP) is 3.18. The van der Waals surface area contributed by atoms with E-state index in [1.165, 1.54) is 33.5 Å². The molecule has 0 aliphatic heterocycles. The molecule has 0 heterocycles. The largest absolute Gasteiger partial charge is 0.497 e. The van der Waals surface area contributed by atoms with Gasteiger partial charge in [0.2, 0.25) is 5.75 Å². The van der Waals surface area contributed by atoms with Gasteiger partial charge in [-0.2, -0.15) is 0 Å². The molecule has 0 fully saturated rings. The molecule has 2 aromatic rings. The van der Waals surface area contributed by atoms with Crippen LogP contribution in [0.15, 0.2) is 36.4 Å². The first kappa shape index (κ1) is 18.3. The summed E-state index contributed by atoms with van der Waals surface area (Å²) in [4.78, 5) is 24.8. The van der Waals surface area contributed by atoms with Gasteiger partial charge < -0.3 is 18.9 Å². The summed E-state index contributed by atoms with van der Waals surface area (Å²) in [6.07, 6.45) is -0.259. The van der Waals surface area contributed by atoms with Crippen LogP contribution in [-0.2, 0) is 0 Å². The smallest absolute Gasteiger partial charge is 0.203 e. The summed E-state index contributed by atoms with van der Waals surface area (Å²) >= 11 is 0. The highest BCUT2D eigenvalue weighted by Gasteiger charge is 2.19. The summed E-state index contributed by atoms with van der Waals surface area (Å²) in [5, 5.41) is 0. The molecule has 2 aromatic carbocycles. The van der Waals surface area contributed by atoms with Crippen LogP contribution in [0.1, 0.15) is 27.1 Å². The average Bonchev–Trinajstić information content (AvgIpc) is 2.66. The molecule has 0 unspecified atom stereocenters. The number of hydrogen-bond acceptors (Lipinski definition) is 6. The third-order valence-corrected chi connectivity index (χ3v) is 3.72. The Morgan fingerprint density at radius 3 is 1.68 bits per heavy atom. The summed E-state index contributed by atoms with van der Waals surface area (Å²) in [7, 11) is 5.96. The fraction of sp³-hybridized carbons (Fsp3) is 0.263. The first-order valence-electron chi connectivity index (χ1n) is 7.54. The maximum Gasteiger partial charge on any atom is 0.203 e. The average molecular weight is 344 g/mol.